The molecule has 0 atom stereocenters. The fraction of sp³-hybridized carbons (Fsp3) is 0.565. The highest BCUT2D eigenvalue weighted by Crippen LogP contribution is 2.28. The fourth-order valence-electron chi connectivity index (χ4n) is 4.07. The van der Waals surface area contributed by atoms with Crippen LogP contribution < -0.4 is 4.90 Å². The summed E-state index contributed by atoms with van der Waals surface area (Å²) in [5, 5.41) is 0. The van der Waals surface area contributed by atoms with E-state index in [1.165, 1.54) is 31.4 Å². The molecule has 2 aliphatic rings. The molecular formula is C23H33N3O2. The molecule has 0 unspecified atom stereocenters. The van der Waals surface area contributed by atoms with E-state index in [1.807, 2.05) is 25.1 Å². The van der Waals surface area contributed by atoms with Crippen molar-refractivity contribution < 1.29 is 9.53 Å². The summed E-state index contributed by atoms with van der Waals surface area (Å²) in [5.41, 5.74) is 2.15. The van der Waals surface area contributed by atoms with Crippen LogP contribution in [0.15, 0.2) is 35.0 Å². The molecule has 152 valence electrons. The third-order valence-electron chi connectivity index (χ3n) is 5.78. The molecular weight excluding hydrogens is 350 g/mol. The van der Waals surface area contributed by atoms with Crippen LogP contribution in [0.4, 0.5) is 5.69 Å². The van der Waals surface area contributed by atoms with Gasteiger partial charge in [-0.15, -0.1) is 0 Å². The fourth-order valence-corrected chi connectivity index (χ4v) is 4.07. The molecule has 5 heteroatoms. The molecule has 2 fully saturated rings. The summed E-state index contributed by atoms with van der Waals surface area (Å²) in [7, 11) is 0. The number of carbonyl (C=O) groups excluding carboxylic acids is 1. The van der Waals surface area contributed by atoms with Crippen molar-refractivity contribution in [2.75, 3.05) is 31.1 Å². The van der Waals surface area contributed by atoms with Gasteiger partial charge in [0.05, 0.1) is 0 Å². The lowest BCUT2D eigenvalue weighted by Crippen LogP contribution is -2.29. The Balaban J connectivity index is 1.68. The first-order valence-corrected chi connectivity index (χ1v) is 10.8. The third kappa shape index (κ3) is 4.75. The lowest BCUT2D eigenvalue weighted by Gasteiger charge is -2.20. The molecule has 28 heavy (non-hydrogen) atoms. The minimum atomic E-state index is -0.102. The van der Waals surface area contributed by atoms with Crippen molar-refractivity contribution in [3.05, 3.63) is 35.6 Å². The molecule has 1 amide bonds. The van der Waals surface area contributed by atoms with Crippen LogP contribution in [0, 0.1) is 5.92 Å². The minimum absolute atomic E-state index is 0.102. The number of likely N-dealkylation sites (N-methyl/N-ethyl adjacent to an activating group) is 1. The van der Waals surface area contributed by atoms with Gasteiger partial charge in [-0.25, -0.2) is 4.99 Å². The second-order valence-corrected chi connectivity index (χ2v) is 7.53. The largest absolute Gasteiger partial charge is 0.420 e. The van der Waals surface area contributed by atoms with Gasteiger partial charge in [0, 0.05) is 31.9 Å². The van der Waals surface area contributed by atoms with E-state index in [0.717, 1.165) is 37.5 Å². The van der Waals surface area contributed by atoms with Crippen molar-refractivity contribution in [3.63, 3.8) is 0 Å². The monoisotopic (exact) mass is 383 g/mol. The first-order chi connectivity index (χ1) is 13.7. The molecule has 5 nitrogen and oxygen atoms in total. The van der Waals surface area contributed by atoms with E-state index in [2.05, 4.69) is 35.9 Å². The maximum absolute atomic E-state index is 12.7. The minimum Gasteiger partial charge on any atom is -0.420 e. The Bertz CT molecular complexity index is 714. The van der Waals surface area contributed by atoms with Crippen LogP contribution in [0.3, 0.4) is 0 Å². The Hall–Kier alpha value is -2.30. The second kappa shape index (κ2) is 9.76. The number of amides is 1. The number of hydrogen-bond donors (Lipinski definition) is 0. The number of aliphatic imine (C=N–C) groups is 1. The summed E-state index contributed by atoms with van der Waals surface area (Å²) < 4.78 is 5.84. The predicted octanol–water partition coefficient (Wildman–Crippen LogP) is 4.69. The van der Waals surface area contributed by atoms with Gasteiger partial charge in [0.15, 0.2) is 5.76 Å². The molecule has 3 rings (SSSR count). The zero-order valence-corrected chi connectivity index (χ0v) is 17.5. The smallest absolute Gasteiger partial charge is 0.300 e. The number of benzene rings is 1. The lowest BCUT2D eigenvalue weighted by atomic mass is 10.0. The first kappa shape index (κ1) is 20.4. The Kier molecular flexibility index (Phi) is 7.12. The van der Waals surface area contributed by atoms with Crippen LogP contribution in [0.25, 0.3) is 6.08 Å². The van der Waals surface area contributed by atoms with Crippen molar-refractivity contribution in [2.24, 2.45) is 10.9 Å². The van der Waals surface area contributed by atoms with E-state index in [0.29, 0.717) is 18.3 Å². The average Bonchev–Trinajstić information content (AvgIpc) is 3.32. The number of nitrogens with zero attached hydrogens (tertiary/aromatic N) is 3. The van der Waals surface area contributed by atoms with Crippen molar-refractivity contribution in [2.45, 2.75) is 52.9 Å². The Morgan fingerprint density at radius 2 is 1.82 bits per heavy atom. The van der Waals surface area contributed by atoms with Crippen molar-refractivity contribution in [3.8, 4) is 0 Å². The predicted molar refractivity (Wildman–Crippen MR) is 115 cm³/mol. The summed E-state index contributed by atoms with van der Waals surface area (Å²) in [6.07, 6.45) is 8.23. The van der Waals surface area contributed by atoms with Crippen molar-refractivity contribution in [1.29, 1.82) is 0 Å². The molecule has 0 aromatic heterocycles. The highest BCUT2D eigenvalue weighted by atomic mass is 16.5. The number of carbonyl (C=O) groups is 1. The normalized spacial score (nSPS) is 20.4. The number of hydrogen-bond acceptors (Lipinski definition) is 4. The molecule has 1 saturated heterocycles. The van der Waals surface area contributed by atoms with Gasteiger partial charge in [-0.2, -0.15) is 0 Å². The highest BCUT2D eigenvalue weighted by molar-refractivity contribution is 6.11. The zero-order valence-electron chi connectivity index (χ0n) is 17.5. The van der Waals surface area contributed by atoms with Crippen molar-refractivity contribution >= 4 is 23.7 Å². The van der Waals surface area contributed by atoms with Gasteiger partial charge in [-0.3, -0.25) is 9.69 Å². The molecule has 1 saturated carbocycles. The molecule has 1 heterocycles. The molecule has 1 aliphatic carbocycles. The maximum Gasteiger partial charge on any atom is 0.300 e. The quantitative estimate of drug-likeness (QED) is 0.612. The lowest BCUT2D eigenvalue weighted by molar-refractivity contribution is -0.122. The second-order valence-electron chi connectivity index (χ2n) is 7.53. The van der Waals surface area contributed by atoms with Gasteiger partial charge >= 0.3 is 0 Å². The zero-order chi connectivity index (χ0) is 19.9. The van der Waals surface area contributed by atoms with Crippen LogP contribution >= 0.6 is 0 Å². The maximum atomic E-state index is 12.7. The van der Waals surface area contributed by atoms with Crippen LogP contribution in [0.2, 0.25) is 0 Å². The van der Waals surface area contributed by atoms with Crippen LogP contribution in [0.1, 0.15) is 58.4 Å². The van der Waals surface area contributed by atoms with E-state index < -0.39 is 0 Å². The standard InChI is InChI=1S/C23H33N3O2/c1-4-25(5-2)20-13-11-19(12-14-20)17-21-22(27)26(6-3)23(28-21)24-16-15-18-9-7-8-10-18/h11-14,17-18H,4-10,15-16H2,1-3H3/b21-17+,24-23+. The molecule has 0 spiro atoms. The van der Waals surface area contributed by atoms with Gasteiger partial charge in [-0.05, 0) is 56.9 Å². The molecule has 1 aliphatic heterocycles. The molecule has 1 aromatic carbocycles. The summed E-state index contributed by atoms with van der Waals surface area (Å²) in [6.45, 7) is 9.51. The molecule has 0 bridgehead atoms. The van der Waals surface area contributed by atoms with Gasteiger partial charge in [-0.1, -0.05) is 37.8 Å². The van der Waals surface area contributed by atoms with E-state index in [-0.39, 0.29) is 5.91 Å². The van der Waals surface area contributed by atoms with Crippen molar-refractivity contribution in [1.82, 2.24) is 4.90 Å². The summed E-state index contributed by atoms with van der Waals surface area (Å²) in [4.78, 5) is 21.2. The first-order valence-electron chi connectivity index (χ1n) is 10.8. The van der Waals surface area contributed by atoms with Gasteiger partial charge in [0.25, 0.3) is 11.9 Å². The average molecular weight is 384 g/mol. The van der Waals surface area contributed by atoms with Gasteiger partial charge < -0.3 is 9.64 Å². The van der Waals surface area contributed by atoms with Gasteiger partial charge in [0.2, 0.25) is 0 Å². The van der Waals surface area contributed by atoms with E-state index in [4.69, 9.17) is 4.74 Å². The highest BCUT2D eigenvalue weighted by Gasteiger charge is 2.33. The van der Waals surface area contributed by atoms with E-state index >= 15 is 0 Å². The number of ether oxygens (including phenoxy) is 1. The SMILES string of the molecule is CCN1C(=O)/C(=C\c2ccc(N(CC)CC)cc2)O/C1=N/CCC1CCCC1. The Labute approximate surface area is 169 Å². The number of rotatable bonds is 8. The topological polar surface area (TPSA) is 45.1 Å². The van der Waals surface area contributed by atoms with Crippen LogP contribution in [-0.4, -0.2) is 43.0 Å². The number of anilines is 1. The Morgan fingerprint density at radius 1 is 1.14 bits per heavy atom. The summed E-state index contributed by atoms with van der Waals surface area (Å²) in [5.74, 6) is 1.04. The molecule has 1 aromatic rings. The third-order valence-corrected chi connectivity index (χ3v) is 5.78. The van der Waals surface area contributed by atoms with E-state index in [1.54, 1.807) is 4.90 Å². The summed E-state index contributed by atoms with van der Waals surface area (Å²) in [6, 6.07) is 8.70. The van der Waals surface area contributed by atoms with Crippen LogP contribution in [0.5, 0.6) is 0 Å². The molecule has 0 radical (unpaired) electrons. The van der Waals surface area contributed by atoms with Gasteiger partial charge in [0.1, 0.15) is 0 Å². The summed E-state index contributed by atoms with van der Waals surface area (Å²) >= 11 is 0. The molecule has 0 N–H and O–H groups in total. The van der Waals surface area contributed by atoms with Crippen LogP contribution in [-0.2, 0) is 9.53 Å². The number of amidine groups is 1. The Morgan fingerprint density at radius 3 is 2.43 bits per heavy atom. The van der Waals surface area contributed by atoms with E-state index in [9.17, 15) is 4.79 Å².